The third-order valence-electron chi connectivity index (χ3n) is 6.48. The molecule has 4 rings (SSSR count). The average Bonchev–Trinajstić information content (AvgIpc) is 3.25. The Morgan fingerprint density at radius 3 is 2.36 bits per heavy atom. The topological polar surface area (TPSA) is 84.3 Å². The van der Waals surface area contributed by atoms with Crippen LogP contribution in [0.2, 0.25) is 0 Å². The lowest BCUT2D eigenvalue weighted by atomic mass is 9.96. The molecule has 0 spiro atoms. The van der Waals surface area contributed by atoms with Gasteiger partial charge < -0.3 is 9.88 Å². The summed E-state index contributed by atoms with van der Waals surface area (Å²) in [5, 5.41) is 3.15. The van der Waals surface area contributed by atoms with Crippen LogP contribution in [0.5, 0.6) is 0 Å². The normalized spacial score (nSPS) is 16.5. The number of sulfonamides is 1. The van der Waals surface area contributed by atoms with Gasteiger partial charge in [-0.3, -0.25) is 4.79 Å². The minimum atomic E-state index is -3.57. The first kappa shape index (κ1) is 23.2. The van der Waals surface area contributed by atoms with Crippen molar-refractivity contribution in [3.05, 3.63) is 83.4 Å². The van der Waals surface area contributed by atoms with Crippen LogP contribution >= 0.6 is 0 Å². The summed E-state index contributed by atoms with van der Waals surface area (Å²) in [5.74, 6) is 0.432. The molecular weight excluding hydrogens is 436 g/mol. The van der Waals surface area contributed by atoms with Crippen LogP contribution in [0.3, 0.4) is 0 Å². The van der Waals surface area contributed by atoms with E-state index in [1.807, 2.05) is 68.1 Å². The number of amides is 1. The smallest absolute Gasteiger partial charge is 0.243 e. The molecule has 1 aromatic heterocycles. The summed E-state index contributed by atoms with van der Waals surface area (Å²) < 4.78 is 29.6. The number of nitrogens with zero attached hydrogens (tertiary/aromatic N) is 3. The van der Waals surface area contributed by atoms with E-state index < -0.39 is 10.0 Å². The van der Waals surface area contributed by atoms with Crippen molar-refractivity contribution in [1.29, 1.82) is 0 Å². The van der Waals surface area contributed by atoms with Crippen LogP contribution in [0.4, 0.5) is 0 Å². The molecule has 33 heavy (non-hydrogen) atoms. The zero-order valence-corrected chi connectivity index (χ0v) is 20.0. The minimum absolute atomic E-state index is 0.0740. The molecule has 3 aromatic rings. The number of hydrogen-bond acceptors (Lipinski definition) is 4. The first-order valence-corrected chi connectivity index (χ1v) is 12.6. The van der Waals surface area contributed by atoms with Crippen molar-refractivity contribution in [2.75, 3.05) is 13.1 Å². The maximum absolute atomic E-state index is 13.2. The molecular formula is C25H30N4O3S. The van der Waals surface area contributed by atoms with Gasteiger partial charge in [0, 0.05) is 38.4 Å². The maximum atomic E-state index is 13.2. The van der Waals surface area contributed by atoms with Gasteiger partial charge in [-0.05, 0) is 55.5 Å². The van der Waals surface area contributed by atoms with Gasteiger partial charge in [-0.15, -0.1) is 0 Å². The van der Waals surface area contributed by atoms with Crippen molar-refractivity contribution in [3.63, 3.8) is 0 Å². The van der Waals surface area contributed by atoms with Crippen LogP contribution < -0.4 is 5.32 Å². The second-order valence-corrected chi connectivity index (χ2v) is 10.6. The number of rotatable bonds is 6. The number of aromatic nitrogens is 2. The highest BCUT2D eigenvalue weighted by Crippen LogP contribution is 2.27. The van der Waals surface area contributed by atoms with Gasteiger partial charge in [0.2, 0.25) is 15.9 Å². The third kappa shape index (κ3) is 4.86. The number of benzene rings is 2. The Balaban J connectivity index is 1.45. The van der Waals surface area contributed by atoms with Gasteiger partial charge in [0.05, 0.1) is 4.90 Å². The zero-order valence-electron chi connectivity index (χ0n) is 19.2. The average molecular weight is 467 g/mol. The Kier molecular flexibility index (Phi) is 6.67. The molecule has 0 unspecified atom stereocenters. The predicted octanol–water partition coefficient (Wildman–Crippen LogP) is 3.34. The van der Waals surface area contributed by atoms with Gasteiger partial charge in [-0.1, -0.05) is 36.4 Å². The summed E-state index contributed by atoms with van der Waals surface area (Å²) in [6.07, 6.45) is 4.54. The first-order valence-electron chi connectivity index (χ1n) is 11.2. The maximum Gasteiger partial charge on any atom is 0.243 e. The number of nitrogens with one attached hydrogen (secondary N) is 1. The summed E-state index contributed by atoms with van der Waals surface area (Å²) in [6.45, 7) is 4.52. The minimum Gasteiger partial charge on any atom is -0.342 e. The lowest BCUT2D eigenvalue weighted by molar-refractivity contribution is -0.126. The molecule has 0 aliphatic carbocycles. The van der Waals surface area contributed by atoms with Crippen molar-refractivity contribution < 1.29 is 13.2 Å². The number of carbonyl (C=O) groups excluding carboxylic acids is 1. The highest BCUT2D eigenvalue weighted by atomic mass is 32.2. The molecule has 174 valence electrons. The Labute approximate surface area is 195 Å². The van der Waals surface area contributed by atoms with Crippen LogP contribution in [-0.4, -0.2) is 41.3 Å². The second kappa shape index (κ2) is 9.49. The molecule has 2 heterocycles. The van der Waals surface area contributed by atoms with Gasteiger partial charge in [0.25, 0.3) is 0 Å². The fraction of sp³-hybridized carbons (Fsp3) is 0.360. The Hall–Kier alpha value is -2.97. The van der Waals surface area contributed by atoms with E-state index in [0.717, 1.165) is 22.5 Å². The quantitative estimate of drug-likeness (QED) is 0.604. The molecule has 2 aromatic carbocycles. The number of carbonyl (C=O) groups is 1. The Bertz CT molecular complexity index is 1230. The highest BCUT2D eigenvalue weighted by Gasteiger charge is 2.33. The molecule has 0 radical (unpaired) electrons. The van der Waals surface area contributed by atoms with Crippen molar-refractivity contribution in [2.45, 2.75) is 37.6 Å². The summed E-state index contributed by atoms with van der Waals surface area (Å²) in [5.41, 5.74) is 2.96. The van der Waals surface area contributed by atoms with E-state index in [1.165, 1.54) is 4.31 Å². The van der Waals surface area contributed by atoms with Crippen LogP contribution in [0.15, 0.2) is 65.8 Å². The second-order valence-electron chi connectivity index (χ2n) is 8.67. The van der Waals surface area contributed by atoms with Gasteiger partial charge in [0.15, 0.2) is 0 Å². The summed E-state index contributed by atoms with van der Waals surface area (Å²) in [7, 11) is -1.67. The number of aryl methyl sites for hydroxylation is 3. The summed E-state index contributed by atoms with van der Waals surface area (Å²) in [4.78, 5) is 17.9. The molecule has 1 saturated heterocycles. The molecule has 0 saturated carbocycles. The standard InChI is InChI=1S/C25H30N4O3S/c1-18-9-10-22(17-19(18)2)33(31,32)29-14-11-21(12-15-29)25(30)27-23(20-7-5-4-6-8-20)24-26-13-16-28(24)3/h4-10,13,16-17,21,23H,11-12,14-15H2,1-3H3,(H,27,30)/t23-/m0/s1. The van der Waals surface area contributed by atoms with Crippen molar-refractivity contribution in [3.8, 4) is 0 Å². The van der Waals surface area contributed by atoms with E-state index in [-0.39, 0.29) is 17.9 Å². The number of hydrogen-bond donors (Lipinski definition) is 1. The Morgan fingerprint density at radius 1 is 1.06 bits per heavy atom. The molecule has 1 N–H and O–H groups in total. The lowest BCUT2D eigenvalue weighted by Gasteiger charge is -2.31. The zero-order chi connectivity index (χ0) is 23.6. The van der Waals surface area contributed by atoms with Crippen LogP contribution in [0.1, 0.15) is 41.4 Å². The molecule has 1 aliphatic heterocycles. The van der Waals surface area contributed by atoms with Crippen molar-refractivity contribution >= 4 is 15.9 Å². The SMILES string of the molecule is Cc1ccc(S(=O)(=O)N2CCC(C(=O)N[C@@H](c3ccccc3)c3nccn3C)CC2)cc1C. The number of imidazole rings is 1. The van der Waals surface area contributed by atoms with Gasteiger partial charge in [-0.25, -0.2) is 13.4 Å². The van der Waals surface area contributed by atoms with Crippen LogP contribution in [0.25, 0.3) is 0 Å². The third-order valence-corrected chi connectivity index (χ3v) is 8.37. The Morgan fingerprint density at radius 2 is 1.76 bits per heavy atom. The molecule has 8 heteroatoms. The van der Waals surface area contributed by atoms with Gasteiger partial charge in [-0.2, -0.15) is 4.31 Å². The molecule has 0 bridgehead atoms. The van der Waals surface area contributed by atoms with Crippen molar-refractivity contribution in [2.24, 2.45) is 13.0 Å². The van der Waals surface area contributed by atoms with E-state index in [9.17, 15) is 13.2 Å². The molecule has 1 aliphatic rings. The van der Waals surface area contributed by atoms with E-state index in [1.54, 1.807) is 18.3 Å². The predicted molar refractivity (Wildman–Crippen MR) is 127 cm³/mol. The highest BCUT2D eigenvalue weighted by molar-refractivity contribution is 7.89. The monoisotopic (exact) mass is 466 g/mol. The first-order chi connectivity index (χ1) is 15.8. The number of piperidine rings is 1. The van der Waals surface area contributed by atoms with Gasteiger partial charge in [0.1, 0.15) is 11.9 Å². The van der Waals surface area contributed by atoms with Crippen LogP contribution in [-0.2, 0) is 21.9 Å². The van der Waals surface area contributed by atoms with E-state index in [4.69, 9.17) is 0 Å². The summed E-state index contributed by atoms with van der Waals surface area (Å²) >= 11 is 0. The fourth-order valence-corrected chi connectivity index (χ4v) is 5.80. The molecule has 1 amide bonds. The fourth-order valence-electron chi connectivity index (χ4n) is 4.24. The van der Waals surface area contributed by atoms with Crippen LogP contribution in [0, 0.1) is 19.8 Å². The van der Waals surface area contributed by atoms with Crippen molar-refractivity contribution in [1.82, 2.24) is 19.2 Å². The lowest BCUT2D eigenvalue weighted by Crippen LogP contribution is -2.44. The van der Waals surface area contributed by atoms with E-state index >= 15 is 0 Å². The molecule has 7 nitrogen and oxygen atoms in total. The molecule has 1 atom stereocenters. The largest absolute Gasteiger partial charge is 0.342 e. The van der Waals surface area contributed by atoms with E-state index in [0.29, 0.717) is 30.8 Å². The van der Waals surface area contributed by atoms with Gasteiger partial charge >= 0.3 is 0 Å². The van der Waals surface area contributed by atoms with E-state index in [2.05, 4.69) is 10.3 Å². The molecule has 1 fully saturated rings. The summed E-state index contributed by atoms with van der Waals surface area (Å²) in [6, 6.07) is 14.6.